The summed E-state index contributed by atoms with van der Waals surface area (Å²) >= 11 is 10.6. The van der Waals surface area contributed by atoms with Gasteiger partial charge in [0.2, 0.25) is 0 Å². The van der Waals surface area contributed by atoms with E-state index in [1.165, 1.54) is 12.3 Å². The molecule has 0 aliphatic carbocycles. The van der Waals surface area contributed by atoms with Crippen molar-refractivity contribution in [2.75, 3.05) is 11.9 Å². The first-order valence-electron chi connectivity index (χ1n) is 5.88. The molecule has 0 spiro atoms. The van der Waals surface area contributed by atoms with Crippen LogP contribution in [0.4, 0.5) is 10.2 Å². The zero-order chi connectivity index (χ0) is 14.7. The molecule has 3 nitrogen and oxygen atoms in total. The maximum atomic E-state index is 13.8. The van der Waals surface area contributed by atoms with Crippen LogP contribution in [0.15, 0.2) is 36.5 Å². The Labute approximate surface area is 127 Å². The van der Waals surface area contributed by atoms with Gasteiger partial charge in [-0.25, -0.2) is 9.37 Å². The summed E-state index contributed by atoms with van der Waals surface area (Å²) < 4.78 is 13.8. The molecule has 2 aromatic rings. The number of hydrogen-bond acceptors (Lipinski definition) is 3. The first-order chi connectivity index (χ1) is 9.47. The van der Waals surface area contributed by atoms with Crippen LogP contribution in [-0.2, 0) is 6.54 Å². The normalized spacial score (nSPS) is 10.3. The summed E-state index contributed by atoms with van der Waals surface area (Å²) in [6.45, 7) is 0.488. The molecule has 6 heteroatoms. The van der Waals surface area contributed by atoms with Gasteiger partial charge in [0, 0.05) is 25.4 Å². The molecule has 0 aliphatic rings. The minimum Gasteiger partial charge on any atom is -0.389 e. The number of rotatable bonds is 4. The molecule has 0 saturated carbocycles. The standard InChI is InChI=1S/C14H13ClFN3S/c1-19(14-12(16)6-11(15)7-18-14)8-9-3-2-4-10(5-9)13(17)20/h2-7H,8H2,1H3,(H2,17,20). The molecule has 0 radical (unpaired) electrons. The Bertz CT molecular complexity index is 648. The molecule has 0 unspecified atom stereocenters. The highest BCUT2D eigenvalue weighted by Crippen LogP contribution is 2.20. The Hall–Kier alpha value is -1.72. The van der Waals surface area contributed by atoms with E-state index in [0.29, 0.717) is 11.5 Å². The summed E-state index contributed by atoms with van der Waals surface area (Å²) in [5.74, 6) is -0.208. The number of anilines is 1. The summed E-state index contributed by atoms with van der Waals surface area (Å²) in [4.78, 5) is 6.04. The molecule has 1 heterocycles. The van der Waals surface area contributed by atoms with E-state index in [2.05, 4.69) is 4.98 Å². The Morgan fingerprint density at radius 3 is 2.85 bits per heavy atom. The van der Waals surface area contributed by atoms with Crippen LogP contribution in [0.25, 0.3) is 0 Å². The number of pyridine rings is 1. The molecular weight excluding hydrogens is 297 g/mol. The number of hydrogen-bond donors (Lipinski definition) is 1. The van der Waals surface area contributed by atoms with Crippen LogP contribution < -0.4 is 10.6 Å². The second kappa shape index (κ2) is 6.15. The van der Waals surface area contributed by atoms with Gasteiger partial charge in [-0.3, -0.25) is 0 Å². The number of aromatic nitrogens is 1. The zero-order valence-electron chi connectivity index (χ0n) is 10.8. The lowest BCUT2D eigenvalue weighted by molar-refractivity contribution is 0.615. The molecule has 0 atom stereocenters. The van der Waals surface area contributed by atoms with Gasteiger partial charge in [0.15, 0.2) is 11.6 Å². The molecule has 1 aromatic carbocycles. The fourth-order valence-corrected chi connectivity index (χ4v) is 2.13. The van der Waals surface area contributed by atoms with Gasteiger partial charge in [0.1, 0.15) is 4.99 Å². The van der Waals surface area contributed by atoms with Crippen molar-refractivity contribution in [3.63, 3.8) is 0 Å². The maximum absolute atomic E-state index is 13.8. The van der Waals surface area contributed by atoms with E-state index < -0.39 is 5.82 Å². The van der Waals surface area contributed by atoms with Gasteiger partial charge < -0.3 is 10.6 Å². The van der Waals surface area contributed by atoms with E-state index >= 15 is 0 Å². The Kier molecular flexibility index (Phi) is 4.52. The van der Waals surface area contributed by atoms with Gasteiger partial charge >= 0.3 is 0 Å². The van der Waals surface area contributed by atoms with Crippen molar-refractivity contribution in [2.24, 2.45) is 5.73 Å². The summed E-state index contributed by atoms with van der Waals surface area (Å²) in [6.07, 6.45) is 1.42. The Balaban J connectivity index is 2.21. The lowest BCUT2D eigenvalue weighted by Gasteiger charge is -2.19. The molecule has 0 fully saturated rings. The predicted octanol–water partition coefficient (Wildman–Crippen LogP) is 3.14. The lowest BCUT2D eigenvalue weighted by Crippen LogP contribution is -2.19. The third-order valence-electron chi connectivity index (χ3n) is 2.78. The molecule has 0 aliphatic heterocycles. The van der Waals surface area contributed by atoms with E-state index in [0.717, 1.165) is 11.1 Å². The van der Waals surface area contributed by atoms with Gasteiger partial charge in [0.25, 0.3) is 0 Å². The summed E-state index contributed by atoms with van der Waals surface area (Å²) in [6, 6.07) is 8.75. The molecule has 2 rings (SSSR count). The molecule has 2 N–H and O–H groups in total. The second-order valence-electron chi connectivity index (χ2n) is 4.38. The third kappa shape index (κ3) is 3.43. The molecule has 20 heavy (non-hydrogen) atoms. The predicted molar refractivity (Wildman–Crippen MR) is 83.6 cm³/mol. The van der Waals surface area contributed by atoms with Crippen molar-refractivity contribution >= 4 is 34.6 Å². The highest BCUT2D eigenvalue weighted by atomic mass is 35.5. The first-order valence-corrected chi connectivity index (χ1v) is 6.67. The van der Waals surface area contributed by atoms with Gasteiger partial charge in [-0.05, 0) is 17.7 Å². The van der Waals surface area contributed by atoms with Crippen molar-refractivity contribution in [2.45, 2.75) is 6.54 Å². The van der Waals surface area contributed by atoms with Gasteiger partial charge in [-0.2, -0.15) is 0 Å². The summed E-state index contributed by atoms with van der Waals surface area (Å²) in [5, 5.41) is 0.273. The smallest absolute Gasteiger partial charge is 0.167 e. The molecule has 104 valence electrons. The van der Waals surface area contributed by atoms with Crippen molar-refractivity contribution < 1.29 is 4.39 Å². The maximum Gasteiger partial charge on any atom is 0.167 e. The van der Waals surface area contributed by atoms with E-state index in [9.17, 15) is 4.39 Å². The SMILES string of the molecule is CN(Cc1cccc(C(N)=S)c1)c1ncc(Cl)cc1F. The third-order valence-corrected chi connectivity index (χ3v) is 3.22. The fraction of sp³-hybridized carbons (Fsp3) is 0.143. The van der Waals surface area contributed by atoms with Gasteiger partial charge in [0.05, 0.1) is 5.02 Å². The lowest BCUT2D eigenvalue weighted by atomic mass is 10.1. The van der Waals surface area contributed by atoms with Crippen LogP contribution in [0.2, 0.25) is 5.02 Å². The molecule has 0 amide bonds. The number of thiocarbonyl (C=S) groups is 1. The highest BCUT2D eigenvalue weighted by Gasteiger charge is 2.10. The van der Waals surface area contributed by atoms with Crippen molar-refractivity contribution in [3.05, 3.63) is 58.5 Å². The van der Waals surface area contributed by atoms with Crippen LogP contribution in [-0.4, -0.2) is 17.0 Å². The van der Waals surface area contributed by atoms with Crippen LogP contribution in [0, 0.1) is 5.82 Å². The largest absolute Gasteiger partial charge is 0.389 e. The minimum atomic E-state index is -0.453. The fourth-order valence-electron chi connectivity index (χ4n) is 1.86. The Morgan fingerprint density at radius 1 is 1.45 bits per heavy atom. The van der Waals surface area contributed by atoms with Crippen molar-refractivity contribution in [3.8, 4) is 0 Å². The highest BCUT2D eigenvalue weighted by molar-refractivity contribution is 7.80. The second-order valence-corrected chi connectivity index (χ2v) is 5.26. The van der Waals surface area contributed by atoms with Crippen LogP contribution >= 0.6 is 23.8 Å². The van der Waals surface area contributed by atoms with E-state index in [4.69, 9.17) is 29.6 Å². The molecule has 0 saturated heterocycles. The first kappa shape index (κ1) is 14.7. The van der Waals surface area contributed by atoms with Crippen molar-refractivity contribution in [1.29, 1.82) is 0 Å². The van der Waals surface area contributed by atoms with Crippen LogP contribution in [0.5, 0.6) is 0 Å². The Morgan fingerprint density at radius 2 is 2.20 bits per heavy atom. The quantitative estimate of drug-likeness (QED) is 0.881. The van der Waals surface area contributed by atoms with Gasteiger partial charge in [-0.15, -0.1) is 0 Å². The zero-order valence-corrected chi connectivity index (χ0v) is 12.4. The number of nitrogens with two attached hydrogens (primary N) is 1. The van der Waals surface area contributed by atoms with Crippen molar-refractivity contribution in [1.82, 2.24) is 4.98 Å². The summed E-state index contributed by atoms with van der Waals surface area (Å²) in [5.41, 5.74) is 7.35. The van der Waals surface area contributed by atoms with E-state index in [1.54, 1.807) is 11.9 Å². The molecular formula is C14H13ClFN3S. The minimum absolute atomic E-state index is 0.245. The molecule has 0 bridgehead atoms. The van der Waals surface area contributed by atoms with E-state index in [-0.39, 0.29) is 10.8 Å². The van der Waals surface area contributed by atoms with Crippen LogP contribution in [0.1, 0.15) is 11.1 Å². The molecule has 1 aromatic heterocycles. The van der Waals surface area contributed by atoms with Gasteiger partial charge in [-0.1, -0.05) is 42.0 Å². The number of nitrogens with zero attached hydrogens (tertiary/aromatic N) is 2. The topological polar surface area (TPSA) is 42.1 Å². The van der Waals surface area contributed by atoms with E-state index in [1.807, 2.05) is 24.3 Å². The average molecular weight is 310 g/mol. The number of benzene rings is 1. The number of halogens is 2. The average Bonchev–Trinajstić information content (AvgIpc) is 2.38. The monoisotopic (exact) mass is 309 g/mol. The van der Waals surface area contributed by atoms with Crippen LogP contribution in [0.3, 0.4) is 0 Å². The summed E-state index contributed by atoms with van der Waals surface area (Å²) in [7, 11) is 1.76.